The van der Waals surface area contributed by atoms with Crippen LogP contribution in [0.25, 0.3) is 5.57 Å². The molecule has 0 unspecified atom stereocenters. The fourth-order valence-electron chi connectivity index (χ4n) is 2.79. The molecular formula is C16H13NO4S. The maximum atomic E-state index is 13.0. The molecule has 5 nitrogen and oxygen atoms in total. The molecule has 2 aromatic carbocycles. The average molecular weight is 315 g/mol. The summed E-state index contributed by atoms with van der Waals surface area (Å²) in [7, 11) is -3.73. The van der Waals surface area contributed by atoms with Gasteiger partial charge < -0.3 is 0 Å². The number of sulfonamides is 1. The molecule has 0 saturated carbocycles. The molecule has 0 amide bonds. The Morgan fingerprint density at radius 3 is 2.55 bits per heavy atom. The van der Waals surface area contributed by atoms with E-state index in [0.717, 1.165) is 11.1 Å². The first-order valence-electron chi connectivity index (χ1n) is 6.87. The molecule has 4 rings (SSSR count). The monoisotopic (exact) mass is 315 g/mol. The van der Waals surface area contributed by atoms with Crippen LogP contribution in [0.3, 0.4) is 0 Å². The van der Waals surface area contributed by atoms with Crippen molar-refractivity contribution in [3.63, 3.8) is 0 Å². The van der Waals surface area contributed by atoms with Crippen molar-refractivity contribution in [1.82, 2.24) is 0 Å². The highest BCUT2D eigenvalue weighted by molar-refractivity contribution is 7.93. The first-order valence-corrected chi connectivity index (χ1v) is 8.31. The average Bonchev–Trinajstić information content (AvgIpc) is 2.91. The van der Waals surface area contributed by atoms with Crippen molar-refractivity contribution < 1.29 is 18.2 Å². The number of anilines is 1. The number of hydrogen-bond acceptors (Lipinski definition) is 4. The van der Waals surface area contributed by atoms with Crippen molar-refractivity contribution in [3.8, 4) is 0 Å². The predicted octanol–water partition coefficient (Wildman–Crippen LogP) is 2.57. The summed E-state index contributed by atoms with van der Waals surface area (Å²) < 4.78 is 27.3. The molecule has 0 bridgehead atoms. The summed E-state index contributed by atoms with van der Waals surface area (Å²) in [5.74, 6) is 0. The van der Waals surface area contributed by atoms with E-state index < -0.39 is 16.3 Å². The Morgan fingerprint density at radius 1 is 1.00 bits per heavy atom. The van der Waals surface area contributed by atoms with Gasteiger partial charge in [-0.1, -0.05) is 36.4 Å². The Hall–Kier alpha value is -2.15. The number of para-hydroxylation sites is 1. The largest absolute Gasteiger partial charge is 0.266 e. The van der Waals surface area contributed by atoms with Gasteiger partial charge in [-0.15, -0.1) is 0 Å². The van der Waals surface area contributed by atoms with Gasteiger partial charge >= 0.3 is 0 Å². The van der Waals surface area contributed by atoms with Gasteiger partial charge in [-0.05, 0) is 24.3 Å². The van der Waals surface area contributed by atoms with Gasteiger partial charge in [0.1, 0.15) is 6.61 Å². The van der Waals surface area contributed by atoms with Gasteiger partial charge in [-0.25, -0.2) is 22.5 Å². The molecule has 0 N–H and O–H groups in total. The zero-order valence-electron chi connectivity index (χ0n) is 11.5. The van der Waals surface area contributed by atoms with Gasteiger partial charge in [0.15, 0.2) is 0 Å². The molecule has 2 aliphatic heterocycles. The van der Waals surface area contributed by atoms with E-state index >= 15 is 0 Å². The molecule has 0 saturated heterocycles. The van der Waals surface area contributed by atoms with E-state index in [1.165, 1.54) is 4.31 Å². The van der Waals surface area contributed by atoms with Crippen LogP contribution in [0.5, 0.6) is 0 Å². The van der Waals surface area contributed by atoms with Crippen molar-refractivity contribution in [2.45, 2.75) is 11.1 Å². The number of rotatable bonds is 2. The van der Waals surface area contributed by atoms with E-state index in [4.69, 9.17) is 9.78 Å². The van der Waals surface area contributed by atoms with E-state index in [2.05, 4.69) is 0 Å². The smallest absolute Gasteiger partial charge is 0.231 e. The zero-order chi connectivity index (χ0) is 15.2. The van der Waals surface area contributed by atoms with Crippen molar-refractivity contribution in [3.05, 3.63) is 66.2 Å². The molecule has 0 radical (unpaired) electrons. The third-order valence-electron chi connectivity index (χ3n) is 3.76. The maximum absolute atomic E-state index is 13.0. The molecule has 22 heavy (non-hydrogen) atoms. The topological polar surface area (TPSA) is 55.8 Å². The summed E-state index contributed by atoms with van der Waals surface area (Å²) in [5, 5.41) is 0. The van der Waals surface area contributed by atoms with Crippen molar-refractivity contribution in [2.24, 2.45) is 0 Å². The molecule has 2 aliphatic rings. The Labute approximate surface area is 128 Å². The number of hydrogen-bond donors (Lipinski definition) is 0. The van der Waals surface area contributed by atoms with Crippen LogP contribution in [-0.2, 0) is 19.8 Å². The summed E-state index contributed by atoms with van der Waals surface area (Å²) in [4.78, 5) is 10.5. The second-order valence-corrected chi connectivity index (χ2v) is 6.84. The van der Waals surface area contributed by atoms with Crippen molar-refractivity contribution in [1.29, 1.82) is 0 Å². The van der Waals surface area contributed by atoms with Gasteiger partial charge in [-0.3, -0.25) is 0 Å². The SMILES string of the molecule is O=S(=O)(c1ccccc1)N1c2ccccc2C2=CCOO[C@@H]21. The normalized spacial score (nSPS) is 20.3. The molecule has 0 aliphatic carbocycles. The predicted molar refractivity (Wildman–Crippen MR) is 81.4 cm³/mol. The first-order chi connectivity index (χ1) is 10.7. The quantitative estimate of drug-likeness (QED) is 0.799. The van der Waals surface area contributed by atoms with E-state index in [0.29, 0.717) is 12.3 Å². The third-order valence-corrected chi connectivity index (χ3v) is 5.54. The molecule has 0 aromatic heterocycles. The van der Waals surface area contributed by atoms with Gasteiger partial charge in [0.05, 0.1) is 10.6 Å². The van der Waals surface area contributed by atoms with Crippen LogP contribution >= 0.6 is 0 Å². The fraction of sp³-hybridized carbons (Fsp3) is 0.125. The lowest BCUT2D eigenvalue weighted by Crippen LogP contribution is -2.40. The number of nitrogens with zero attached hydrogens (tertiary/aromatic N) is 1. The maximum Gasteiger partial charge on any atom is 0.266 e. The lowest BCUT2D eigenvalue weighted by atomic mass is 10.1. The fourth-order valence-corrected chi connectivity index (χ4v) is 4.33. The van der Waals surface area contributed by atoms with E-state index in [-0.39, 0.29) is 4.90 Å². The van der Waals surface area contributed by atoms with Crippen LogP contribution in [-0.4, -0.2) is 21.3 Å². The standard InChI is InChI=1S/C16H13NO4S/c18-22(19,12-6-2-1-3-7-12)17-15-9-5-4-8-13(15)14-10-11-20-21-16(14)17/h1-10,16H,11H2/t16-/m0/s1. The highest BCUT2D eigenvalue weighted by Crippen LogP contribution is 2.44. The van der Waals surface area contributed by atoms with E-state index in [1.807, 2.05) is 24.3 Å². The summed E-state index contributed by atoms with van der Waals surface area (Å²) in [6, 6.07) is 15.7. The molecule has 0 spiro atoms. The molecular weight excluding hydrogens is 302 g/mol. The van der Waals surface area contributed by atoms with Crippen LogP contribution in [0.1, 0.15) is 5.56 Å². The molecule has 2 heterocycles. The summed E-state index contributed by atoms with van der Waals surface area (Å²) >= 11 is 0. The number of fused-ring (bicyclic) bond motifs is 3. The molecule has 2 aromatic rings. The molecule has 1 atom stereocenters. The summed E-state index contributed by atoms with van der Waals surface area (Å²) in [6.45, 7) is 0.305. The highest BCUT2D eigenvalue weighted by atomic mass is 32.2. The Morgan fingerprint density at radius 2 is 1.73 bits per heavy atom. The van der Waals surface area contributed by atoms with E-state index in [1.54, 1.807) is 36.4 Å². The van der Waals surface area contributed by atoms with Gasteiger partial charge in [-0.2, -0.15) is 0 Å². The lowest BCUT2D eigenvalue weighted by Gasteiger charge is -2.27. The molecule has 6 heteroatoms. The minimum Gasteiger partial charge on any atom is -0.231 e. The van der Waals surface area contributed by atoms with Crippen LogP contribution in [0.2, 0.25) is 0 Å². The van der Waals surface area contributed by atoms with Crippen LogP contribution in [0.4, 0.5) is 5.69 Å². The van der Waals surface area contributed by atoms with Gasteiger partial charge in [0.25, 0.3) is 10.0 Å². The minimum absolute atomic E-state index is 0.222. The first kappa shape index (κ1) is 13.5. The van der Waals surface area contributed by atoms with Crippen LogP contribution in [0, 0.1) is 0 Å². The summed E-state index contributed by atoms with van der Waals surface area (Å²) in [6.07, 6.45) is 1.07. The molecule has 112 valence electrons. The zero-order valence-corrected chi connectivity index (χ0v) is 12.4. The second-order valence-electron chi connectivity index (χ2n) is 5.02. The Balaban J connectivity index is 1.92. The minimum atomic E-state index is -3.73. The summed E-state index contributed by atoms with van der Waals surface area (Å²) in [5.41, 5.74) is 2.28. The van der Waals surface area contributed by atoms with Crippen LogP contribution in [0.15, 0.2) is 65.6 Å². The Kier molecular flexibility index (Phi) is 3.04. The van der Waals surface area contributed by atoms with Crippen molar-refractivity contribution >= 4 is 21.3 Å². The third kappa shape index (κ3) is 1.89. The second kappa shape index (κ2) is 4.95. The number of benzene rings is 2. The highest BCUT2D eigenvalue weighted by Gasteiger charge is 2.44. The Bertz CT molecular complexity index is 845. The van der Waals surface area contributed by atoms with Crippen molar-refractivity contribution in [2.75, 3.05) is 10.9 Å². The molecule has 0 fully saturated rings. The van der Waals surface area contributed by atoms with E-state index in [9.17, 15) is 8.42 Å². The van der Waals surface area contributed by atoms with Crippen LogP contribution < -0.4 is 4.31 Å². The lowest BCUT2D eigenvalue weighted by molar-refractivity contribution is -0.305. The van der Waals surface area contributed by atoms with Gasteiger partial charge in [0, 0.05) is 11.1 Å². The van der Waals surface area contributed by atoms with Gasteiger partial charge in [0.2, 0.25) is 6.23 Å².